The van der Waals surface area contributed by atoms with Gasteiger partial charge in [0, 0.05) is 61.2 Å². The van der Waals surface area contributed by atoms with Gasteiger partial charge in [0.1, 0.15) is 11.2 Å². The number of nitrogens with zero attached hydrogens (tertiary/aromatic N) is 4. The third-order valence-electron chi connectivity index (χ3n) is 8.92. The largest absolute Gasteiger partial charge is 0.455 e. The lowest BCUT2D eigenvalue weighted by molar-refractivity contribution is 0.673. The van der Waals surface area contributed by atoms with Crippen molar-refractivity contribution in [1.29, 1.82) is 0 Å². The molecule has 5 heteroatoms. The van der Waals surface area contributed by atoms with E-state index in [-0.39, 0.29) is 0 Å². The summed E-state index contributed by atoms with van der Waals surface area (Å²) < 4.78 is 6.63. The van der Waals surface area contributed by atoms with Gasteiger partial charge in [-0.15, -0.1) is 0 Å². The van der Waals surface area contributed by atoms with Crippen molar-refractivity contribution < 1.29 is 4.42 Å². The molecule has 10 aromatic rings. The van der Waals surface area contributed by atoms with Crippen molar-refractivity contribution in [3.8, 4) is 22.5 Å². The minimum atomic E-state index is 0.824. The highest BCUT2D eigenvalue weighted by molar-refractivity contribution is 6.22. The molecule has 0 saturated heterocycles. The van der Waals surface area contributed by atoms with E-state index >= 15 is 0 Å². The maximum atomic E-state index is 6.63. The maximum Gasteiger partial charge on any atom is 0.143 e. The maximum absolute atomic E-state index is 6.63. The molecule has 0 unspecified atom stereocenters. The first kappa shape index (κ1) is 24.3. The highest BCUT2D eigenvalue weighted by Crippen LogP contribution is 2.43. The van der Waals surface area contributed by atoms with Crippen LogP contribution >= 0.6 is 0 Å². The summed E-state index contributed by atoms with van der Waals surface area (Å²) >= 11 is 0. The second-order valence-electron chi connectivity index (χ2n) is 11.4. The molecular weight excluding hydrogens is 552 g/mol. The Labute approximate surface area is 256 Å². The summed E-state index contributed by atoms with van der Waals surface area (Å²) in [4.78, 5) is 19.8. The third kappa shape index (κ3) is 3.55. The second kappa shape index (κ2) is 9.15. The fourth-order valence-corrected chi connectivity index (χ4v) is 6.82. The summed E-state index contributed by atoms with van der Waals surface area (Å²) in [5.41, 5.74) is 9.12. The molecule has 5 aromatic heterocycles. The summed E-state index contributed by atoms with van der Waals surface area (Å²) in [6, 6.07) is 41.8. The average molecular weight is 575 g/mol. The first-order valence-electron chi connectivity index (χ1n) is 15.0. The number of fused-ring (bicyclic) bond motifs is 11. The van der Waals surface area contributed by atoms with Crippen molar-refractivity contribution in [2.75, 3.05) is 0 Å². The number of rotatable bonds is 2. The monoisotopic (exact) mass is 574 g/mol. The van der Waals surface area contributed by atoms with Crippen LogP contribution in [0.2, 0.25) is 0 Å². The Morgan fingerprint density at radius 1 is 0.422 bits per heavy atom. The Bertz CT molecular complexity index is 2840. The molecule has 5 nitrogen and oxygen atoms in total. The summed E-state index contributed by atoms with van der Waals surface area (Å²) in [5.74, 6) is 0. The zero-order chi connectivity index (χ0) is 29.5. The van der Waals surface area contributed by atoms with Gasteiger partial charge in [0.15, 0.2) is 0 Å². The minimum Gasteiger partial charge on any atom is -0.455 e. The predicted molar refractivity (Wildman–Crippen MR) is 183 cm³/mol. The van der Waals surface area contributed by atoms with Crippen LogP contribution in [-0.4, -0.2) is 19.9 Å². The molecule has 0 spiro atoms. The zero-order valence-electron chi connectivity index (χ0n) is 23.9. The number of aromatic nitrogens is 4. The van der Waals surface area contributed by atoms with Crippen molar-refractivity contribution in [2.45, 2.75) is 0 Å². The molecule has 0 bridgehead atoms. The van der Waals surface area contributed by atoms with E-state index in [1.54, 1.807) is 0 Å². The van der Waals surface area contributed by atoms with Gasteiger partial charge in [-0.25, -0.2) is 9.97 Å². The van der Waals surface area contributed by atoms with Gasteiger partial charge < -0.3 is 4.42 Å². The van der Waals surface area contributed by atoms with Crippen LogP contribution in [0.4, 0.5) is 0 Å². The molecule has 0 N–H and O–H groups in total. The Morgan fingerprint density at radius 3 is 1.67 bits per heavy atom. The van der Waals surface area contributed by atoms with E-state index in [0.29, 0.717) is 0 Å². The number of hydrogen-bond acceptors (Lipinski definition) is 5. The normalized spacial score (nSPS) is 12.0. The number of furan rings is 1. The highest BCUT2D eigenvalue weighted by Gasteiger charge is 2.19. The van der Waals surface area contributed by atoms with Crippen molar-refractivity contribution in [2.24, 2.45) is 0 Å². The van der Waals surface area contributed by atoms with Gasteiger partial charge in [-0.05, 0) is 41.8 Å². The molecule has 10 rings (SSSR count). The first-order valence-corrected chi connectivity index (χ1v) is 15.0. The number of pyridine rings is 4. The quantitative estimate of drug-likeness (QED) is 0.192. The Hall–Kier alpha value is -6.20. The average Bonchev–Trinajstić information content (AvgIpc) is 3.50. The molecule has 45 heavy (non-hydrogen) atoms. The molecule has 0 fully saturated rings. The van der Waals surface area contributed by atoms with Crippen LogP contribution < -0.4 is 0 Å². The van der Waals surface area contributed by atoms with E-state index in [1.807, 2.05) is 36.7 Å². The van der Waals surface area contributed by atoms with E-state index < -0.39 is 0 Å². The van der Waals surface area contributed by atoms with Crippen molar-refractivity contribution in [1.82, 2.24) is 19.9 Å². The Kier molecular flexibility index (Phi) is 4.93. The molecule has 0 amide bonds. The fraction of sp³-hybridized carbons (Fsp3) is 0. The van der Waals surface area contributed by atoms with Gasteiger partial charge in [-0.1, -0.05) is 84.9 Å². The summed E-state index contributed by atoms with van der Waals surface area (Å²) in [6.07, 6.45) is 3.66. The molecule has 0 aliphatic heterocycles. The molecule has 5 heterocycles. The number of benzene rings is 5. The predicted octanol–water partition coefficient (Wildman–Crippen LogP) is 10.3. The Morgan fingerprint density at radius 2 is 1.00 bits per heavy atom. The lowest BCUT2D eigenvalue weighted by Crippen LogP contribution is -1.91. The van der Waals surface area contributed by atoms with Crippen LogP contribution in [0.3, 0.4) is 0 Å². The molecular formula is C40H22N4O. The molecule has 0 aliphatic carbocycles. The summed E-state index contributed by atoms with van der Waals surface area (Å²) in [5, 5.41) is 8.48. The van der Waals surface area contributed by atoms with E-state index in [4.69, 9.17) is 14.4 Å². The SMILES string of the molecule is c1cnc2c(c1)ccc1ccc(-c3cc4c(oc5cccc(-c6ccc7ccc8cccnc8c7n6)c54)c4ccccc34)nc12. The molecule has 0 radical (unpaired) electrons. The van der Waals surface area contributed by atoms with Crippen molar-refractivity contribution >= 4 is 76.3 Å². The van der Waals surface area contributed by atoms with Gasteiger partial charge in [-0.2, -0.15) is 0 Å². The van der Waals surface area contributed by atoms with Crippen LogP contribution in [-0.2, 0) is 0 Å². The minimum absolute atomic E-state index is 0.824. The lowest BCUT2D eigenvalue weighted by atomic mass is 9.95. The smallest absolute Gasteiger partial charge is 0.143 e. The molecule has 208 valence electrons. The van der Waals surface area contributed by atoms with Gasteiger partial charge in [0.2, 0.25) is 0 Å². The van der Waals surface area contributed by atoms with Crippen molar-refractivity contribution in [3.63, 3.8) is 0 Å². The first-order chi connectivity index (χ1) is 22.3. The number of hydrogen-bond donors (Lipinski definition) is 0. The van der Waals surface area contributed by atoms with Gasteiger partial charge in [0.25, 0.3) is 0 Å². The van der Waals surface area contributed by atoms with Crippen LogP contribution in [0, 0.1) is 0 Å². The van der Waals surface area contributed by atoms with Gasteiger partial charge >= 0.3 is 0 Å². The fourth-order valence-electron chi connectivity index (χ4n) is 6.82. The van der Waals surface area contributed by atoms with E-state index in [9.17, 15) is 0 Å². The molecule has 5 aromatic carbocycles. The van der Waals surface area contributed by atoms with Crippen LogP contribution in [0.5, 0.6) is 0 Å². The van der Waals surface area contributed by atoms with Crippen LogP contribution in [0.15, 0.2) is 138 Å². The van der Waals surface area contributed by atoms with E-state index in [1.165, 1.54) is 0 Å². The third-order valence-corrected chi connectivity index (χ3v) is 8.92. The molecule has 0 saturated carbocycles. The summed E-state index contributed by atoms with van der Waals surface area (Å²) in [6.45, 7) is 0. The molecule has 0 aliphatic rings. The lowest BCUT2D eigenvalue weighted by Gasteiger charge is -2.10. The van der Waals surface area contributed by atoms with E-state index in [2.05, 4.69) is 107 Å². The van der Waals surface area contributed by atoms with Gasteiger partial charge in [0.05, 0.1) is 33.5 Å². The van der Waals surface area contributed by atoms with Crippen LogP contribution in [0.25, 0.3) is 98.8 Å². The Balaban J connectivity index is 1.27. The van der Waals surface area contributed by atoms with Crippen LogP contribution in [0.1, 0.15) is 0 Å². The highest BCUT2D eigenvalue weighted by atomic mass is 16.3. The topological polar surface area (TPSA) is 64.7 Å². The van der Waals surface area contributed by atoms with Crippen molar-refractivity contribution in [3.05, 3.63) is 134 Å². The molecule has 0 atom stereocenters. The van der Waals surface area contributed by atoms with Gasteiger partial charge in [-0.3, -0.25) is 9.97 Å². The van der Waals surface area contributed by atoms with E-state index in [0.717, 1.165) is 98.8 Å². The second-order valence-corrected chi connectivity index (χ2v) is 11.4. The summed E-state index contributed by atoms with van der Waals surface area (Å²) in [7, 11) is 0. The standard InChI is InChI=1S/C40H22N4O/c1-2-9-28-27(8-1)30(33-19-17-26-15-13-24-7-5-21-42-37(24)39(26)44-33)22-31-35-29(10-3-11-34(35)45-40(28)31)32-18-16-25-14-12-23-6-4-20-41-36(23)38(25)43-32/h1-22H. The zero-order valence-corrected chi connectivity index (χ0v) is 23.9.